The highest BCUT2D eigenvalue weighted by atomic mass is 35.5. The van der Waals surface area contributed by atoms with Gasteiger partial charge in [0.15, 0.2) is 0 Å². The minimum absolute atomic E-state index is 0.290. The predicted octanol–water partition coefficient (Wildman–Crippen LogP) is 2.93. The smallest absolute Gasteiger partial charge is 0.277 e. The second-order valence-corrected chi connectivity index (χ2v) is 4.73. The molecule has 2 heterocycles. The maximum Gasteiger partial charge on any atom is 0.277 e. The number of H-pyrrole nitrogens is 1. The summed E-state index contributed by atoms with van der Waals surface area (Å²) in [4.78, 5) is 22.9. The molecule has 3 rings (SSSR count). The van der Waals surface area contributed by atoms with Crippen molar-refractivity contribution in [1.29, 1.82) is 0 Å². The molecule has 0 saturated heterocycles. The molecule has 1 aromatic carbocycles. The summed E-state index contributed by atoms with van der Waals surface area (Å²) in [6, 6.07) is 5.28. The van der Waals surface area contributed by atoms with Crippen LogP contribution in [0.25, 0.3) is 11.0 Å². The average Bonchev–Trinajstić information content (AvgIpc) is 2.95. The van der Waals surface area contributed by atoms with Gasteiger partial charge in [0.2, 0.25) is 5.95 Å². The van der Waals surface area contributed by atoms with Crippen molar-refractivity contribution in [1.82, 2.24) is 15.0 Å². The summed E-state index contributed by atoms with van der Waals surface area (Å²) in [6.45, 7) is 0. The Hall–Kier alpha value is -1.92. The third-order valence-electron chi connectivity index (χ3n) is 2.34. The van der Waals surface area contributed by atoms with Crippen LogP contribution >= 0.6 is 22.9 Å². The fourth-order valence-corrected chi connectivity index (χ4v) is 2.24. The molecule has 1 amide bonds. The number of fused-ring (bicyclic) bond motifs is 1. The second-order valence-electron chi connectivity index (χ2n) is 3.57. The molecule has 0 aliphatic carbocycles. The van der Waals surface area contributed by atoms with Crippen LogP contribution in [0.15, 0.2) is 29.1 Å². The quantitative estimate of drug-likeness (QED) is 0.757. The maximum atomic E-state index is 11.8. The van der Waals surface area contributed by atoms with Crippen LogP contribution in [0.4, 0.5) is 5.95 Å². The zero-order valence-corrected chi connectivity index (χ0v) is 10.5. The number of imidazole rings is 1. The highest BCUT2D eigenvalue weighted by Crippen LogP contribution is 2.19. The van der Waals surface area contributed by atoms with Gasteiger partial charge in [-0.25, -0.2) is 9.97 Å². The molecule has 0 radical (unpaired) electrons. The molecule has 0 fully saturated rings. The number of carbonyl (C=O) groups excluding carboxylic acids is 1. The van der Waals surface area contributed by atoms with E-state index < -0.39 is 0 Å². The van der Waals surface area contributed by atoms with E-state index >= 15 is 0 Å². The summed E-state index contributed by atoms with van der Waals surface area (Å²) in [5.74, 6) is 0.0895. The van der Waals surface area contributed by atoms with Gasteiger partial charge in [0.1, 0.15) is 5.69 Å². The normalized spacial score (nSPS) is 10.7. The molecular formula is C11H7ClN4OS. The number of thiazole rings is 1. The van der Waals surface area contributed by atoms with E-state index in [9.17, 15) is 4.79 Å². The number of carbonyl (C=O) groups is 1. The number of nitrogens with zero attached hydrogens (tertiary/aromatic N) is 2. The molecule has 0 atom stereocenters. The molecule has 0 bridgehead atoms. The van der Waals surface area contributed by atoms with E-state index in [0.29, 0.717) is 16.7 Å². The number of hydrogen-bond acceptors (Lipinski definition) is 4. The summed E-state index contributed by atoms with van der Waals surface area (Å²) >= 11 is 7.24. The Morgan fingerprint density at radius 2 is 2.33 bits per heavy atom. The lowest BCUT2D eigenvalue weighted by molar-refractivity contribution is 0.102. The van der Waals surface area contributed by atoms with E-state index in [2.05, 4.69) is 20.3 Å². The zero-order chi connectivity index (χ0) is 12.5. The van der Waals surface area contributed by atoms with Crippen molar-refractivity contribution in [3.8, 4) is 0 Å². The Labute approximate surface area is 111 Å². The highest BCUT2D eigenvalue weighted by Gasteiger charge is 2.10. The number of halogens is 1. The summed E-state index contributed by atoms with van der Waals surface area (Å²) in [5, 5.41) is 4.94. The number of hydrogen-bond donors (Lipinski definition) is 2. The van der Waals surface area contributed by atoms with Gasteiger partial charge in [0, 0.05) is 10.4 Å². The summed E-state index contributed by atoms with van der Waals surface area (Å²) < 4.78 is 0. The van der Waals surface area contributed by atoms with E-state index in [1.54, 1.807) is 29.1 Å². The van der Waals surface area contributed by atoms with Gasteiger partial charge in [0.05, 0.1) is 16.5 Å². The molecule has 3 aromatic rings. The summed E-state index contributed by atoms with van der Waals surface area (Å²) in [5.41, 5.74) is 3.50. The van der Waals surface area contributed by atoms with Crippen molar-refractivity contribution in [3.05, 3.63) is 39.8 Å². The van der Waals surface area contributed by atoms with E-state index in [4.69, 9.17) is 11.6 Å². The van der Waals surface area contributed by atoms with Gasteiger partial charge < -0.3 is 4.98 Å². The van der Waals surface area contributed by atoms with Crippen LogP contribution in [-0.4, -0.2) is 20.9 Å². The number of aromatic amines is 1. The summed E-state index contributed by atoms with van der Waals surface area (Å²) in [7, 11) is 0. The number of rotatable bonds is 2. The Bertz CT molecular complexity index is 707. The third kappa shape index (κ3) is 2.07. The van der Waals surface area contributed by atoms with Gasteiger partial charge in [-0.1, -0.05) is 11.6 Å². The fourth-order valence-electron chi connectivity index (χ4n) is 1.54. The predicted molar refractivity (Wildman–Crippen MR) is 71.2 cm³/mol. The summed E-state index contributed by atoms with van der Waals surface area (Å²) in [6.07, 6.45) is 0. The zero-order valence-electron chi connectivity index (χ0n) is 8.98. The molecule has 0 unspecified atom stereocenters. The van der Waals surface area contributed by atoms with Crippen LogP contribution in [0.3, 0.4) is 0 Å². The van der Waals surface area contributed by atoms with E-state index in [1.807, 2.05) is 0 Å². The molecule has 18 heavy (non-hydrogen) atoms. The number of amides is 1. The molecule has 0 spiro atoms. The van der Waals surface area contributed by atoms with E-state index in [-0.39, 0.29) is 5.91 Å². The lowest BCUT2D eigenvalue weighted by Gasteiger charge is -1.96. The van der Waals surface area contributed by atoms with Gasteiger partial charge in [-0.15, -0.1) is 11.3 Å². The van der Waals surface area contributed by atoms with Crippen LogP contribution in [0.2, 0.25) is 5.02 Å². The first kappa shape index (κ1) is 11.2. The van der Waals surface area contributed by atoms with E-state index in [0.717, 1.165) is 11.0 Å². The van der Waals surface area contributed by atoms with Gasteiger partial charge in [-0.2, -0.15) is 0 Å². The van der Waals surface area contributed by atoms with Crippen molar-refractivity contribution < 1.29 is 4.79 Å². The van der Waals surface area contributed by atoms with Gasteiger partial charge in [0.25, 0.3) is 5.91 Å². The second kappa shape index (κ2) is 4.40. The first-order valence-electron chi connectivity index (χ1n) is 5.07. The van der Waals surface area contributed by atoms with Gasteiger partial charge in [-0.05, 0) is 18.2 Å². The van der Waals surface area contributed by atoms with Crippen molar-refractivity contribution in [2.75, 3.05) is 5.32 Å². The van der Waals surface area contributed by atoms with Crippen LogP contribution < -0.4 is 5.32 Å². The van der Waals surface area contributed by atoms with Gasteiger partial charge >= 0.3 is 0 Å². The maximum absolute atomic E-state index is 11.8. The largest absolute Gasteiger partial charge is 0.324 e. The van der Waals surface area contributed by atoms with Crippen molar-refractivity contribution in [2.45, 2.75) is 0 Å². The van der Waals surface area contributed by atoms with Crippen molar-refractivity contribution in [3.63, 3.8) is 0 Å². The SMILES string of the molecule is O=C(Nc1nc2ccc(Cl)cc2[nH]1)c1cscn1. The van der Waals surface area contributed by atoms with Gasteiger partial charge in [-0.3, -0.25) is 10.1 Å². The molecule has 0 aliphatic heterocycles. The number of benzene rings is 1. The lowest BCUT2D eigenvalue weighted by atomic mass is 10.3. The number of aromatic nitrogens is 3. The molecule has 2 aromatic heterocycles. The minimum atomic E-state index is -0.290. The first-order chi connectivity index (χ1) is 8.72. The standard InChI is InChI=1S/C11H7ClN4OS/c12-6-1-2-7-8(3-6)15-11(14-7)16-10(17)9-4-18-5-13-9/h1-5H,(H2,14,15,16,17). The molecule has 0 saturated carbocycles. The minimum Gasteiger partial charge on any atom is -0.324 e. The number of nitrogens with one attached hydrogen (secondary N) is 2. The molecule has 7 heteroatoms. The fraction of sp³-hybridized carbons (Fsp3) is 0. The lowest BCUT2D eigenvalue weighted by Crippen LogP contribution is -2.13. The van der Waals surface area contributed by atoms with Crippen LogP contribution in [0.1, 0.15) is 10.5 Å². The Balaban J connectivity index is 1.89. The third-order valence-corrected chi connectivity index (χ3v) is 3.16. The molecule has 5 nitrogen and oxygen atoms in total. The highest BCUT2D eigenvalue weighted by molar-refractivity contribution is 7.07. The van der Waals surface area contributed by atoms with Crippen molar-refractivity contribution >= 4 is 45.8 Å². The molecule has 0 aliphatic rings. The van der Waals surface area contributed by atoms with Crippen LogP contribution in [0, 0.1) is 0 Å². The number of anilines is 1. The monoisotopic (exact) mass is 278 g/mol. The van der Waals surface area contributed by atoms with Crippen LogP contribution in [-0.2, 0) is 0 Å². The molecule has 2 N–H and O–H groups in total. The van der Waals surface area contributed by atoms with E-state index in [1.165, 1.54) is 11.3 Å². The Kier molecular flexibility index (Phi) is 2.73. The van der Waals surface area contributed by atoms with Crippen molar-refractivity contribution in [2.24, 2.45) is 0 Å². The Morgan fingerprint density at radius 3 is 3.11 bits per heavy atom. The van der Waals surface area contributed by atoms with Crippen LogP contribution in [0.5, 0.6) is 0 Å². The average molecular weight is 279 g/mol. The first-order valence-corrected chi connectivity index (χ1v) is 6.39. The topological polar surface area (TPSA) is 70.7 Å². The molecular weight excluding hydrogens is 272 g/mol. The molecule has 90 valence electrons. The Morgan fingerprint density at radius 1 is 1.44 bits per heavy atom.